The van der Waals surface area contributed by atoms with E-state index in [2.05, 4.69) is 9.97 Å². The zero-order valence-electron chi connectivity index (χ0n) is 11.5. The quantitative estimate of drug-likeness (QED) is 0.920. The summed E-state index contributed by atoms with van der Waals surface area (Å²) in [6.45, 7) is 1.76. The summed E-state index contributed by atoms with van der Waals surface area (Å²) < 4.78 is 25.4. The SMILES string of the molecule is Cc1nc(-c2cccc(S(=O)(=O)N(C)C)c2)cnc1N. The summed E-state index contributed by atoms with van der Waals surface area (Å²) in [5.74, 6) is 0.366. The van der Waals surface area contributed by atoms with Crippen molar-refractivity contribution in [3.05, 3.63) is 36.2 Å². The molecule has 0 atom stereocenters. The average molecular weight is 292 g/mol. The van der Waals surface area contributed by atoms with Crippen LogP contribution < -0.4 is 5.73 Å². The Morgan fingerprint density at radius 1 is 1.25 bits per heavy atom. The lowest BCUT2D eigenvalue weighted by atomic mass is 10.1. The Hall–Kier alpha value is -1.99. The number of benzene rings is 1. The molecule has 0 saturated carbocycles. The van der Waals surface area contributed by atoms with Crippen LogP contribution >= 0.6 is 0 Å². The highest BCUT2D eigenvalue weighted by atomic mass is 32.2. The van der Waals surface area contributed by atoms with Gasteiger partial charge in [-0.1, -0.05) is 12.1 Å². The van der Waals surface area contributed by atoms with Gasteiger partial charge in [-0.05, 0) is 19.1 Å². The lowest BCUT2D eigenvalue weighted by Gasteiger charge is -2.12. The van der Waals surface area contributed by atoms with Crippen LogP contribution in [-0.2, 0) is 10.0 Å². The molecule has 20 heavy (non-hydrogen) atoms. The molecule has 0 aliphatic carbocycles. The maximum absolute atomic E-state index is 12.1. The third-order valence-electron chi connectivity index (χ3n) is 2.89. The number of aromatic nitrogens is 2. The average Bonchev–Trinajstić information content (AvgIpc) is 2.42. The van der Waals surface area contributed by atoms with Gasteiger partial charge in [0.2, 0.25) is 10.0 Å². The second kappa shape index (κ2) is 5.18. The van der Waals surface area contributed by atoms with Gasteiger partial charge in [-0.3, -0.25) is 0 Å². The highest BCUT2D eigenvalue weighted by molar-refractivity contribution is 7.89. The van der Waals surface area contributed by atoms with Crippen molar-refractivity contribution in [2.45, 2.75) is 11.8 Å². The van der Waals surface area contributed by atoms with Crippen molar-refractivity contribution in [3.63, 3.8) is 0 Å². The van der Waals surface area contributed by atoms with E-state index in [0.717, 1.165) is 0 Å². The first-order valence-electron chi connectivity index (χ1n) is 5.94. The van der Waals surface area contributed by atoms with Crippen molar-refractivity contribution < 1.29 is 8.42 Å². The molecule has 2 N–H and O–H groups in total. The maximum atomic E-state index is 12.1. The molecule has 0 amide bonds. The van der Waals surface area contributed by atoms with Crippen LogP contribution in [0.2, 0.25) is 0 Å². The predicted molar refractivity (Wildman–Crippen MR) is 77.5 cm³/mol. The summed E-state index contributed by atoms with van der Waals surface area (Å²) in [5.41, 5.74) is 7.52. The van der Waals surface area contributed by atoms with Gasteiger partial charge in [0.25, 0.3) is 0 Å². The molecule has 2 aromatic rings. The Morgan fingerprint density at radius 2 is 1.95 bits per heavy atom. The highest BCUT2D eigenvalue weighted by Gasteiger charge is 2.17. The number of aryl methyl sites for hydroxylation is 1. The molecule has 106 valence electrons. The first-order valence-corrected chi connectivity index (χ1v) is 7.38. The lowest BCUT2D eigenvalue weighted by Crippen LogP contribution is -2.22. The third-order valence-corrected chi connectivity index (χ3v) is 4.70. The van der Waals surface area contributed by atoms with Gasteiger partial charge in [0.05, 0.1) is 22.5 Å². The summed E-state index contributed by atoms with van der Waals surface area (Å²) in [5, 5.41) is 0. The minimum absolute atomic E-state index is 0.219. The number of hydrogen-bond donors (Lipinski definition) is 1. The van der Waals surface area contributed by atoms with Gasteiger partial charge in [0.15, 0.2) is 0 Å². The van der Waals surface area contributed by atoms with Crippen LogP contribution in [0.4, 0.5) is 5.82 Å². The Labute approximate surface area is 118 Å². The van der Waals surface area contributed by atoms with E-state index in [-0.39, 0.29) is 4.90 Å². The molecule has 0 fully saturated rings. The third kappa shape index (κ3) is 2.63. The van der Waals surface area contributed by atoms with Gasteiger partial charge in [-0.15, -0.1) is 0 Å². The fourth-order valence-electron chi connectivity index (χ4n) is 1.66. The lowest BCUT2D eigenvalue weighted by molar-refractivity contribution is 0.521. The Morgan fingerprint density at radius 3 is 2.55 bits per heavy atom. The molecule has 0 saturated heterocycles. The largest absolute Gasteiger partial charge is 0.382 e. The second-order valence-electron chi connectivity index (χ2n) is 4.54. The van der Waals surface area contributed by atoms with E-state index in [1.165, 1.54) is 24.6 Å². The fraction of sp³-hybridized carbons (Fsp3) is 0.231. The maximum Gasteiger partial charge on any atom is 0.242 e. The normalized spacial score (nSPS) is 11.8. The molecule has 0 radical (unpaired) electrons. The summed E-state index contributed by atoms with van der Waals surface area (Å²) in [6, 6.07) is 6.60. The van der Waals surface area contributed by atoms with Crippen molar-refractivity contribution in [1.29, 1.82) is 0 Å². The van der Waals surface area contributed by atoms with E-state index in [9.17, 15) is 8.42 Å². The van der Waals surface area contributed by atoms with Crippen molar-refractivity contribution in [3.8, 4) is 11.3 Å². The summed E-state index contributed by atoms with van der Waals surface area (Å²) in [4.78, 5) is 8.57. The molecular weight excluding hydrogens is 276 g/mol. The molecule has 2 rings (SSSR count). The van der Waals surface area contributed by atoms with Crippen LogP contribution in [-0.4, -0.2) is 36.8 Å². The van der Waals surface area contributed by atoms with Gasteiger partial charge < -0.3 is 5.73 Å². The zero-order valence-corrected chi connectivity index (χ0v) is 12.3. The van der Waals surface area contributed by atoms with Crippen molar-refractivity contribution in [2.24, 2.45) is 0 Å². The van der Waals surface area contributed by atoms with Crippen molar-refractivity contribution in [2.75, 3.05) is 19.8 Å². The van der Waals surface area contributed by atoms with Gasteiger partial charge in [0, 0.05) is 19.7 Å². The second-order valence-corrected chi connectivity index (χ2v) is 6.69. The highest BCUT2D eigenvalue weighted by Crippen LogP contribution is 2.22. The van der Waals surface area contributed by atoms with Crippen LogP contribution in [0.3, 0.4) is 0 Å². The fourth-order valence-corrected chi connectivity index (χ4v) is 2.60. The van der Waals surface area contributed by atoms with Crippen LogP contribution in [0.1, 0.15) is 5.69 Å². The molecule has 0 bridgehead atoms. The first kappa shape index (κ1) is 14.4. The van der Waals surface area contributed by atoms with E-state index >= 15 is 0 Å². The number of nitrogen functional groups attached to an aromatic ring is 1. The Bertz CT molecular complexity index is 742. The first-order chi connectivity index (χ1) is 9.32. The molecule has 1 heterocycles. The van der Waals surface area contributed by atoms with Gasteiger partial charge in [-0.2, -0.15) is 0 Å². The van der Waals surface area contributed by atoms with Gasteiger partial charge >= 0.3 is 0 Å². The van der Waals surface area contributed by atoms with Gasteiger partial charge in [-0.25, -0.2) is 22.7 Å². The summed E-state index contributed by atoms with van der Waals surface area (Å²) >= 11 is 0. The van der Waals surface area contributed by atoms with E-state index in [1.807, 2.05) is 0 Å². The molecule has 7 heteroatoms. The molecule has 0 aliphatic heterocycles. The summed E-state index contributed by atoms with van der Waals surface area (Å²) in [6.07, 6.45) is 1.53. The van der Waals surface area contributed by atoms with E-state index < -0.39 is 10.0 Å². The molecule has 0 spiro atoms. The monoisotopic (exact) mass is 292 g/mol. The molecule has 0 aliphatic rings. The molecule has 1 aromatic heterocycles. The Kier molecular flexibility index (Phi) is 3.74. The standard InChI is InChI=1S/C13H16N4O2S/c1-9-13(14)15-8-12(16-9)10-5-4-6-11(7-10)20(18,19)17(2)3/h4-8H,1-3H3,(H2,14,15). The number of rotatable bonds is 3. The number of nitrogens with zero attached hydrogens (tertiary/aromatic N) is 3. The number of anilines is 1. The molecule has 0 unspecified atom stereocenters. The Balaban J connectivity index is 2.52. The minimum Gasteiger partial charge on any atom is -0.382 e. The number of nitrogens with two attached hydrogens (primary N) is 1. The van der Waals surface area contributed by atoms with Crippen LogP contribution in [0.15, 0.2) is 35.4 Å². The molecular formula is C13H16N4O2S. The minimum atomic E-state index is -3.47. The van der Waals surface area contributed by atoms with E-state index in [4.69, 9.17) is 5.73 Å². The van der Waals surface area contributed by atoms with Gasteiger partial charge in [0.1, 0.15) is 5.82 Å². The van der Waals surface area contributed by atoms with E-state index in [0.29, 0.717) is 22.8 Å². The predicted octanol–water partition coefficient (Wildman–Crippen LogP) is 1.28. The number of hydrogen-bond acceptors (Lipinski definition) is 5. The smallest absolute Gasteiger partial charge is 0.242 e. The van der Waals surface area contributed by atoms with Crippen molar-refractivity contribution >= 4 is 15.8 Å². The van der Waals surface area contributed by atoms with Crippen LogP contribution in [0.25, 0.3) is 11.3 Å². The number of sulfonamides is 1. The van der Waals surface area contributed by atoms with Crippen LogP contribution in [0.5, 0.6) is 0 Å². The topological polar surface area (TPSA) is 89.2 Å². The zero-order chi connectivity index (χ0) is 14.9. The van der Waals surface area contributed by atoms with Crippen LogP contribution in [0, 0.1) is 6.92 Å². The summed E-state index contributed by atoms with van der Waals surface area (Å²) in [7, 11) is -0.475. The molecule has 6 nitrogen and oxygen atoms in total. The molecule has 1 aromatic carbocycles. The van der Waals surface area contributed by atoms with E-state index in [1.54, 1.807) is 31.2 Å². The van der Waals surface area contributed by atoms with Crippen molar-refractivity contribution in [1.82, 2.24) is 14.3 Å².